The Labute approximate surface area is 253 Å². The van der Waals surface area contributed by atoms with Gasteiger partial charge in [0.1, 0.15) is 0 Å². The smallest absolute Gasteiger partial charge is 0.330 e. The van der Waals surface area contributed by atoms with Crippen molar-refractivity contribution < 1.29 is 27.9 Å². The summed E-state index contributed by atoms with van der Waals surface area (Å²) in [7, 11) is -3.42. The highest BCUT2D eigenvalue weighted by molar-refractivity contribution is 7.92. The second kappa shape index (κ2) is 13.9. The summed E-state index contributed by atoms with van der Waals surface area (Å²) in [6, 6.07) is 16.5. The van der Waals surface area contributed by atoms with Crippen LogP contribution in [-0.2, 0) is 38.7 Å². The summed E-state index contributed by atoms with van der Waals surface area (Å²) in [4.78, 5) is 37.2. The molecule has 1 heterocycles. The van der Waals surface area contributed by atoms with Crippen LogP contribution in [0.15, 0.2) is 65.6 Å². The molecule has 0 fully saturated rings. The minimum Gasteiger partial charge on any atom is -0.479 e. The van der Waals surface area contributed by atoms with Crippen LogP contribution < -0.4 is 16.0 Å². The molecule has 3 aromatic carbocycles. The Morgan fingerprint density at radius 2 is 1.70 bits per heavy atom. The topological polar surface area (TPSA) is 142 Å². The Morgan fingerprint density at radius 3 is 2.37 bits per heavy atom. The monoisotopic (exact) mass is 605 g/mol. The Kier molecular flexibility index (Phi) is 10.2. The molecule has 0 spiro atoms. The average molecular weight is 606 g/mol. The minimum atomic E-state index is -3.42. The Bertz CT molecular complexity index is 1600. The molecule has 9 nitrogen and oxygen atoms in total. The van der Waals surface area contributed by atoms with Crippen LogP contribution in [0.1, 0.15) is 78.7 Å². The van der Waals surface area contributed by atoms with Crippen LogP contribution in [-0.4, -0.2) is 43.1 Å². The quantitative estimate of drug-likeness (QED) is 0.207. The van der Waals surface area contributed by atoms with Gasteiger partial charge in [-0.05, 0) is 92.1 Å². The van der Waals surface area contributed by atoms with Gasteiger partial charge < -0.3 is 21.1 Å². The first-order valence-corrected chi connectivity index (χ1v) is 16.2. The van der Waals surface area contributed by atoms with Crippen LogP contribution in [0.3, 0.4) is 0 Å². The van der Waals surface area contributed by atoms with E-state index in [1.807, 2.05) is 25.1 Å². The van der Waals surface area contributed by atoms with Crippen LogP contribution in [0.5, 0.6) is 0 Å². The number of carboxylic acid groups (broad SMARTS) is 1. The average Bonchev–Trinajstić information content (AvgIpc) is 2.97. The van der Waals surface area contributed by atoms with Crippen molar-refractivity contribution in [2.24, 2.45) is 0 Å². The zero-order valence-corrected chi connectivity index (χ0v) is 25.6. The first kappa shape index (κ1) is 31.7. The van der Waals surface area contributed by atoms with Gasteiger partial charge in [0.15, 0.2) is 15.9 Å². The van der Waals surface area contributed by atoms with Crippen molar-refractivity contribution in [2.45, 2.75) is 75.5 Å². The van der Waals surface area contributed by atoms with Crippen molar-refractivity contribution in [2.75, 3.05) is 17.2 Å². The number of carbonyl (C=O) groups is 3. The molecule has 0 aromatic heterocycles. The lowest BCUT2D eigenvalue weighted by Crippen LogP contribution is -2.32. The van der Waals surface area contributed by atoms with Gasteiger partial charge in [-0.15, -0.1) is 0 Å². The molecule has 0 bridgehead atoms. The lowest BCUT2D eigenvalue weighted by atomic mass is 9.98. The standard InChI is InChI=1S/C33H39N3O6S/c1-4-6-25-19-26(15-16-29(25)43(41,42)21(2)3)35-30(37)8-5-7-22-9-11-24(12-10-22)31(33(39)40)36-27-14-13-23-17-18-34-32(38)28(23)20-27/h9-16,19-21,31,36H,4-8,17-18H2,1-3H3,(H,34,38)(H,35,37)(H,39,40). The van der Waals surface area contributed by atoms with Gasteiger partial charge in [0.2, 0.25) is 5.91 Å². The molecule has 1 aliphatic heterocycles. The highest BCUT2D eigenvalue weighted by atomic mass is 32.2. The third-order valence-corrected chi connectivity index (χ3v) is 9.82. The molecule has 3 aromatic rings. The zero-order chi connectivity index (χ0) is 31.1. The number of fused-ring (bicyclic) bond motifs is 1. The van der Waals surface area contributed by atoms with E-state index in [-0.39, 0.29) is 18.2 Å². The number of rotatable bonds is 13. The van der Waals surface area contributed by atoms with Gasteiger partial charge in [0, 0.05) is 29.9 Å². The molecule has 228 valence electrons. The number of hydrogen-bond donors (Lipinski definition) is 4. The van der Waals surface area contributed by atoms with E-state index >= 15 is 0 Å². The van der Waals surface area contributed by atoms with Crippen molar-refractivity contribution in [3.05, 3.63) is 88.5 Å². The van der Waals surface area contributed by atoms with E-state index in [1.54, 1.807) is 56.3 Å². The zero-order valence-electron chi connectivity index (χ0n) is 24.8. The third-order valence-electron chi connectivity index (χ3n) is 7.57. The molecule has 4 rings (SSSR count). The normalized spacial score (nSPS) is 13.6. The van der Waals surface area contributed by atoms with Crippen LogP contribution >= 0.6 is 0 Å². The van der Waals surface area contributed by atoms with E-state index in [2.05, 4.69) is 16.0 Å². The largest absolute Gasteiger partial charge is 0.479 e. The number of amides is 2. The molecule has 43 heavy (non-hydrogen) atoms. The van der Waals surface area contributed by atoms with E-state index in [0.29, 0.717) is 58.8 Å². The molecule has 4 N–H and O–H groups in total. The maximum absolute atomic E-state index is 12.7. The van der Waals surface area contributed by atoms with Gasteiger partial charge in [-0.1, -0.05) is 43.7 Å². The lowest BCUT2D eigenvalue weighted by molar-refractivity contribution is -0.138. The van der Waals surface area contributed by atoms with Crippen LogP contribution in [0.2, 0.25) is 0 Å². The fourth-order valence-electron chi connectivity index (χ4n) is 5.16. The number of nitrogens with one attached hydrogen (secondary N) is 3. The fraction of sp³-hybridized carbons (Fsp3) is 0.364. The number of aliphatic carboxylic acids is 1. The number of sulfone groups is 1. The predicted octanol–water partition coefficient (Wildman–Crippen LogP) is 5.31. The van der Waals surface area contributed by atoms with Crippen LogP contribution in [0.4, 0.5) is 11.4 Å². The second-order valence-corrected chi connectivity index (χ2v) is 13.6. The molecule has 0 saturated heterocycles. The Hall–Kier alpha value is -4.18. The molecular formula is C33H39N3O6S. The minimum absolute atomic E-state index is 0.160. The molecule has 10 heteroatoms. The molecule has 1 unspecified atom stereocenters. The molecule has 1 aliphatic rings. The summed E-state index contributed by atoms with van der Waals surface area (Å²) >= 11 is 0. The van der Waals surface area contributed by atoms with E-state index in [4.69, 9.17) is 0 Å². The number of anilines is 2. The number of aryl methyl sites for hydroxylation is 2. The molecular weight excluding hydrogens is 566 g/mol. The predicted molar refractivity (Wildman–Crippen MR) is 167 cm³/mol. The molecule has 0 aliphatic carbocycles. The van der Waals surface area contributed by atoms with Crippen molar-refractivity contribution in [1.82, 2.24) is 5.32 Å². The third kappa shape index (κ3) is 7.81. The van der Waals surface area contributed by atoms with Gasteiger partial charge in [0.25, 0.3) is 5.91 Å². The van der Waals surface area contributed by atoms with Gasteiger partial charge in [-0.25, -0.2) is 13.2 Å². The maximum Gasteiger partial charge on any atom is 0.330 e. The second-order valence-electron chi connectivity index (χ2n) is 11.1. The molecule has 0 saturated carbocycles. The van der Waals surface area contributed by atoms with E-state index in [1.165, 1.54) is 0 Å². The number of hydrogen-bond acceptors (Lipinski definition) is 6. The van der Waals surface area contributed by atoms with Crippen molar-refractivity contribution >= 4 is 39.0 Å². The number of carbonyl (C=O) groups excluding carboxylic acids is 2. The number of benzene rings is 3. The Morgan fingerprint density at radius 1 is 0.977 bits per heavy atom. The molecule has 1 atom stereocenters. The SMILES string of the molecule is CCCc1cc(NC(=O)CCCc2ccc(C(Nc3ccc4c(c3)C(=O)NCC4)C(=O)O)cc2)ccc1S(=O)(=O)C(C)C. The van der Waals surface area contributed by atoms with E-state index in [0.717, 1.165) is 24.0 Å². The van der Waals surface area contributed by atoms with Crippen LogP contribution in [0.25, 0.3) is 0 Å². The lowest BCUT2D eigenvalue weighted by Gasteiger charge is -2.20. The van der Waals surface area contributed by atoms with Gasteiger partial charge in [-0.2, -0.15) is 0 Å². The summed E-state index contributed by atoms with van der Waals surface area (Å²) in [5.74, 6) is -1.36. The summed E-state index contributed by atoms with van der Waals surface area (Å²) in [5.41, 5.74) is 4.87. The first-order valence-electron chi connectivity index (χ1n) is 14.7. The summed E-state index contributed by atoms with van der Waals surface area (Å²) in [6.07, 6.45) is 3.62. The van der Waals surface area contributed by atoms with Crippen molar-refractivity contribution in [1.29, 1.82) is 0 Å². The van der Waals surface area contributed by atoms with E-state index in [9.17, 15) is 27.9 Å². The van der Waals surface area contributed by atoms with E-state index < -0.39 is 27.1 Å². The van der Waals surface area contributed by atoms with Crippen molar-refractivity contribution in [3.63, 3.8) is 0 Å². The highest BCUT2D eigenvalue weighted by Gasteiger charge is 2.24. The summed E-state index contributed by atoms with van der Waals surface area (Å²) in [6.45, 7) is 5.90. The van der Waals surface area contributed by atoms with Gasteiger partial charge in [-0.3, -0.25) is 9.59 Å². The maximum atomic E-state index is 12.7. The van der Waals surface area contributed by atoms with Gasteiger partial charge in [0.05, 0.1) is 10.1 Å². The van der Waals surface area contributed by atoms with Crippen LogP contribution in [0, 0.1) is 0 Å². The van der Waals surface area contributed by atoms with Gasteiger partial charge >= 0.3 is 5.97 Å². The summed E-state index contributed by atoms with van der Waals surface area (Å²) < 4.78 is 25.5. The van der Waals surface area contributed by atoms with Crippen molar-refractivity contribution in [3.8, 4) is 0 Å². The number of carboxylic acids is 1. The molecule has 2 amide bonds. The molecule has 0 radical (unpaired) electrons. The Balaban J connectivity index is 1.33. The summed E-state index contributed by atoms with van der Waals surface area (Å²) in [5, 5.41) is 18.1. The first-order chi connectivity index (χ1) is 20.5. The highest BCUT2D eigenvalue weighted by Crippen LogP contribution is 2.27. The fourth-order valence-corrected chi connectivity index (χ4v) is 6.45.